The molecule has 15 heteroatoms. The summed E-state index contributed by atoms with van der Waals surface area (Å²) in [6.07, 6.45) is -16.0. The number of ether oxygens (including phenoxy) is 7. The average molecular weight is 510 g/mol. The molecule has 0 unspecified atom stereocenters. The summed E-state index contributed by atoms with van der Waals surface area (Å²) in [4.78, 5) is 46.4. The fourth-order valence-electron chi connectivity index (χ4n) is 3.67. The third-order valence-corrected chi connectivity index (χ3v) is 5.08. The number of hydrogen-bond donors (Lipinski definition) is 4. The van der Waals surface area contributed by atoms with Gasteiger partial charge in [-0.15, -0.1) is 0 Å². The summed E-state index contributed by atoms with van der Waals surface area (Å²) in [5.41, 5.74) is 0. The maximum atomic E-state index is 11.8. The molecule has 2 aliphatic rings. The number of carbonyl (C=O) groups excluding carboxylic acids is 4. The second-order valence-corrected chi connectivity index (χ2v) is 7.90. The topological polar surface area (TPSA) is 214 Å². The van der Waals surface area contributed by atoms with Gasteiger partial charge in [0.15, 0.2) is 30.9 Å². The van der Waals surface area contributed by atoms with Gasteiger partial charge in [-0.05, 0) is 0 Å². The van der Waals surface area contributed by atoms with Crippen LogP contribution in [0.5, 0.6) is 0 Å². The van der Waals surface area contributed by atoms with Crippen LogP contribution in [0, 0.1) is 0 Å². The Balaban J connectivity index is 2.46. The standard InChI is InChI=1S/C20H30O15/c1-7(22)29-6-12-15(17(31-9(3)24)18(19(28)33-12)32-10(4)25)35-20-16(30-8(2)23)14(27)13(26)11(5-21)34-20/h11-21,26-28H,5-6H2,1-4H3/t11-,12-,13-,14+,15-,16-,17+,18-,19-,20-/m1/s1. The van der Waals surface area contributed by atoms with Gasteiger partial charge in [0.2, 0.25) is 0 Å². The van der Waals surface area contributed by atoms with E-state index < -0.39 is 98.5 Å². The third kappa shape index (κ3) is 7.54. The summed E-state index contributed by atoms with van der Waals surface area (Å²) in [5.74, 6) is -3.33. The molecule has 10 atom stereocenters. The molecule has 0 amide bonds. The molecule has 2 heterocycles. The van der Waals surface area contributed by atoms with Gasteiger partial charge in [0.25, 0.3) is 0 Å². The fraction of sp³-hybridized carbons (Fsp3) is 0.800. The van der Waals surface area contributed by atoms with Crippen molar-refractivity contribution in [2.75, 3.05) is 13.2 Å². The molecule has 200 valence electrons. The molecule has 0 aromatic heterocycles. The second-order valence-electron chi connectivity index (χ2n) is 7.90. The van der Waals surface area contributed by atoms with E-state index in [0.717, 1.165) is 27.7 Å². The Morgan fingerprint density at radius 3 is 1.74 bits per heavy atom. The first-order chi connectivity index (χ1) is 16.3. The monoisotopic (exact) mass is 510 g/mol. The molecule has 0 spiro atoms. The zero-order valence-electron chi connectivity index (χ0n) is 19.5. The largest absolute Gasteiger partial charge is 0.463 e. The first kappa shape index (κ1) is 28.8. The Labute approximate surface area is 199 Å². The SMILES string of the molecule is CC(=O)OC[C@H]1O[C@@H](O)[C@H](OC(C)=O)[C@@H](OC(C)=O)[C@@H]1O[C@H]1O[C@H](CO)[C@@H](O)[C@H](O)[C@H]1OC(C)=O. The maximum absolute atomic E-state index is 11.8. The highest BCUT2D eigenvalue weighted by Gasteiger charge is 2.54. The minimum atomic E-state index is -1.84. The molecular formula is C20H30O15. The summed E-state index contributed by atoms with van der Waals surface area (Å²) >= 11 is 0. The van der Waals surface area contributed by atoms with E-state index in [0.29, 0.717) is 0 Å². The van der Waals surface area contributed by atoms with Crippen molar-refractivity contribution < 1.29 is 72.8 Å². The Morgan fingerprint density at radius 1 is 0.686 bits per heavy atom. The summed E-state index contributed by atoms with van der Waals surface area (Å²) < 4.78 is 37.0. The first-order valence-corrected chi connectivity index (χ1v) is 10.6. The van der Waals surface area contributed by atoms with E-state index in [1.54, 1.807) is 0 Å². The van der Waals surface area contributed by atoms with E-state index in [1.807, 2.05) is 0 Å². The van der Waals surface area contributed by atoms with E-state index in [-0.39, 0.29) is 0 Å². The van der Waals surface area contributed by atoms with Gasteiger partial charge in [-0.1, -0.05) is 0 Å². The highest BCUT2D eigenvalue weighted by Crippen LogP contribution is 2.32. The Bertz CT molecular complexity index is 772. The molecule has 0 saturated carbocycles. The van der Waals surface area contributed by atoms with Crippen molar-refractivity contribution in [3.63, 3.8) is 0 Å². The molecule has 2 aliphatic heterocycles. The first-order valence-electron chi connectivity index (χ1n) is 10.6. The lowest BCUT2D eigenvalue weighted by Crippen LogP contribution is -2.66. The van der Waals surface area contributed by atoms with Crippen LogP contribution in [0.25, 0.3) is 0 Å². The van der Waals surface area contributed by atoms with Crippen LogP contribution in [0.2, 0.25) is 0 Å². The summed E-state index contributed by atoms with van der Waals surface area (Å²) in [7, 11) is 0. The van der Waals surface area contributed by atoms with Crippen LogP contribution in [0.1, 0.15) is 27.7 Å². The molecule has 0 aromatic rings. The quantitative estimate of drug-likeness (QED) is 0.188. The van der Waals surface area contributed by atoms with Gasteiger partial charge in [-0.2, -0.15) is 0 Å². The van der Waals surface area contributed by atoms with Crippen molar-refractivity contribution in [1.29, 1.82) is 0 Å². The Morgan fingerprint density at radius 2 is 1.23 bits per heavy atom. The van der Waals surface area contributed by atoms with E-state index >= 15 is 0 Å². The van der Waals surface area contributed by atoms with Crippen LogP contribution in [0.4, 0.5) is 0 Å². The highest BCUT2D eigenvalue weighted by molar-refractivity contribution is 5.68. The van der Waals surface area contributed by atoms with Gasteiger partial charge in [-0.3, -0.25) is 19.2 Å². The lowest BCUT2D eigenvalue weighted by atomic mass is 9.96. The fourth-order valence-corrected chi connectivity index (χ4v) is 3.67. The van der Waals surface area contributed by atoms with Crippen molar-refractivity contribution in [2.24, 2.45) is 0 Å². The number of esters is 4. The van der Waals surface area contributed by atoms with Gasteiger partial charge < -0.3 is 53.6 Å². The van der Waals surface area contributed by atoms with Crippen molar-refractivity contribution in [3.05, 3.63) is 0 Å². The lowest BCUT2D eigenvalue weighted by Gasteiger charge is -2.47. The number of rotatable bonds is 8. The van der Waals surface area contributed by atoms with Gasteiger partial charge in [0.1, 0.15) is 37.1 Å². The minimum Gasteiger partial charge on any atom is -0.463 e. The number of hydrogen-bond acceptors (Lipinski definition) is 15. The molecule has 2 saturated heterocycles. The smallest absolute Gasteiger partial charge is 0.303 e. The highest BCUT2D eigenvalue weighted by atomic mass is 16.7. The van der Waals surface area contributed by atoms with Crippen molar-refractivity contribution in [2.45, 2.75) is 89.1 Å². The summed E-state index contributed by atoms with van der Waals surface area (Å²) in [6.45, 7) is 2.90. The van der Waals surface area contributed by atoms with E-state index in [9.17, 15) is 39.6 Å². The molecule has 0 aliphatic carbocycles. The van der Waals surface area contributed by atoms with Crippen LogP contribution in [-0.2, 0) is 52.3 Å². The van der Waals surface area contributed by atoms with Crippen LogP contribution in [0.15, 0.2) is 0 Å². The Kier molecular flexibility index (Phi) is 10.3. The van der Waals surface area contributed by atoms with Crippen molar-refractivity contribution >= 4 is 23.9 Å². The molecule has 2 fully saturated rings. The van der Waals surface area contributed by atoms with Gasteiger partial charge in [-0.25, -0.2) is 0 Å². The van der Waals surface area contributed by atoms with Gasteiger partial charge in [0, 0.05) is 27.7 Å². The molecule has 0 radical (unpaired) electrons. The van der Waals surface area contributed by atoms with E-state index in [2.05, 4.69) is 0 Å². The predicted molar refractivity (Wildman–Crippen MR) is 107 cm³/mol. The van der Waals surface area contributed by atoms with E-state index in [4.69, 9.17) is 33.2 Å². The summed E-state index contributed by atoms with van der Waals surface area (Å²) in [6, 6.07) is 0. The molecule has 0 bridgehead atoms. The number of aliphatic hydroxyl groups is 4. The molecule has 2 rings (SSSR count). The normalized spacial score (nSPS) is 37.1. The molecule has 4 N–H and O–H groups in total. The third-order valence-electron chi connectivity index (χ3n) is 5.08. The van der Waals surface area contributed by atoms with Crippen LogP contribution < -0.4 is 0 Å². The zero-order valence-corrected chi connectivity index (χ0v) is 19.5. The maximum Gasteiger partial charge on any atom is 0.303 e. The zero-order chi connectivity index (χ0) is 26.4. The number of carbonyl (C=O) groups is 4. The van der Waals surface area contributed by atoms with E-state index in [1.165, 1.54) is 0 Å². The Hall–Kier alpha value is -2.40. The van der Waals surface area contributed by atoms with Crippen molar-refractivity contribution in [3.8, 4) is 0 Å². The molecule has 15 nitrogen and oxygen atoms in total. The van der Waals surface area contributed by atoms with Crippen LogP contribution >= 0.6 is 0 Å². The average Bonchev–Trinajstić information content (AvgIpc) is 2.75. The van der Waals surface area contributed by atoms with Gasteiger partial charge in [0.05, 0.1) is 6.61 Å². The molecule has 35 heavy (non-hydrogen) atoms. The predicted octanol–water partition coefficient (Wildman–Crippen LogP) is -3.11. The molecular weight excluding hydrogens is 480 g/mol. The lowest BCUT2D eigenvalue weighted by molar-refractivity contribution is -0.356. The van der Waals surface area contributed by atoms with Gasteiger partial charge >= 0.3 is 23.9 Å². The van der Waals surface area contributed by atoms with Crippen molar-refractivity contribution in [1.82, 2.24) is 0 Å². The van der Waals surface area contributed by atoms with Crippen LogP contribution in [0.3, 0.4) is 0 Å². The summed E-state index contributed by atoms with van der Waals surface area (Å²) in [5, 5.41) is 40.5. The second kappa shape index (κ2) is 12.5. The number of aliphatic hydroxyl groups excluding tert-OH is 4. The minimum absolute atomic E-state index is 0.527. The van der Waals surface area contributed by atoms with Crippen LogP contribution in [-0.4, -0.2) is 119 Å². The molecule has 0 aromatic carbocycles.